The normalized spacial score (nSPS) is 16.1. The lowest BCUT2D eigenvalue weighted by molar-refractivity contribution is -0.161. The van der Waals surface area contributed by atoms with Crippen molar-refractivity contribution in [2.24, 2.45) is 5.92 Å². The third-order valence-electron chi connectivity index (χ3n) is 9.44. The smallest absolute Gasteiger partial charge is 0.462 e. The van der Waals surface area contributed by atoms with Gasteiger partial charge in [0.1, 0.15) is 12.7 Å². The Morgan fingerprint density at radius 2 is 1.17 bits per heavy atom. The number of rotatable bonds is 40. The third-order valence-corrected chi connectivity index (χ3v) is 10.9. The summed E-state index contributed by atoms with van der Waals surface area (Å²) in [5.74, 6) is -0.469. The van der Waals surface area contributed by atoms with Gasteiger partial charge in [-0.1, -0.05) is 153 Å². The minimum Gasteiger partial charge on any atom is -0.462 e. The number of phosphoric ester groups is 2. The predicted molar refractivity (Wildman–Crippen MR) is 233 cm³/mol. The molecule has 0 bridgehead atoms. The fourth-order valence-corrected chi connectivity index (χ4v) is 6.79. The molecule has 0 aromatic rings. The summed E-state index contributed by atoms with van der Waals surface area (Å²) in [5.41, 5.74) is 0. The third kappa shape index (κ3) is 40.1. The monoisotopic (exact) mass is 896 g/mol. The van der Waals surface area contributed by atoms with Gasteiger partial charge in [0.2, 0.25) is 0 Å². The Balaban J connectivity index is 4.77. The van der Waals surface area contributed by atoms with Crippen molar-refractivity contribution < 1.29 is 71.8 Å². The number of hydrogen-bond donors (Lipinski definition) is 6. The van der Waals surface area contributed by atoms with E-state index in [9.17, 15) is 38.9 Å². The molecule has 60 heavy (non-hydrogen) atoms. The van der Waals surface area contributed by atoms with E-state index in [0.717, 1.165) is 44.4 Å². The lowest BCUT2D eigenvalue weighted by Crippen LogP contribution is -2.30. The molecule has 0 saturated heterocycles. The van der Waals surface area contributed by atoms with Crippen LogP contribution < -0.4 is 0 Å². The Hall–Kier alpha value is -2.00. The molecule has 0 aliphatic rings. The summed E-state index contributed by atoms with van der Waals surface area (Å²) < 4.78 is 47.6. The first kappa shape index (κ1) is 58.0. The van der Waals surface area contributed by atoms with E-state index in [-0.39, 0.29) is 25.7 Å². The second kappa shape index (κ2) is 37.5. The zero-order valence-electron chi connectivity index (χ0n) is 36.4. The molecule has 0 rings (SSSR count). The minimum atomic E-state index is -4.89. The lowest BCUT2D eigenvalue weighted by Gasteiger charge is -2.20. The molecule has 6 atom stereocenters. The van der Waals surface area contributed by atoms with Gasteiger partial charge in [-0.2, -0.15) is 0 Å². The summed E-state index contributed by atoms with van der Waals surface area (Å²) >= 11 is 0. The molecule has 350 valence electrons. The van der Waals surface area contributed by atoms with Crippen LogP contribution in [0.2, 0.25) is 0 Å². The van der Waals surface area contributed by atoms with Crippen molar-refractivity contribution >= 4 is 27.6 Å². The van der Waals surface area contributed by atoms with Gasteiger partial charge in [0.25, 0.3) is 0 Å². The first-order chi connectivity index (χ1) is 28.6. The van der Waals surface area contributed by atoms with Crippen molar-refractivity contribution in [3.63, 3.8) is 0 Å². The molecule has 0 fully saturated rings. The second-order valence-electron chi connectivity index (χ2n) is 15.3. The summed E-state index contributed by atoms with van der Waals surface area (Å²) in [6, 6.07) is 0. The molecule has 0 spiro atoms. The van der Waals surface area contributed by atoms with Crippen molar-refractivity contribution in [1.82, 2.24) is 0 Å². The van der Waals surface area contributed by atoms with Crippen LogP contribution in [0.3, 0.4) is 0 Å². The summed E-state index contributed by atoms with van der Waals surface area (Å²) in [5, 5.41) is 30.0. The molecular weight excluding hydrogens is 818 g/mol. The molecule has 0 heterocycles. The molecule has 0 saturated carbocycles. The predicted octanol–water partition coefficient (Wildman–Crippen LogP) is 8.86. The quantitative estimate of drug-likeness (QED) is 0.0111. The topological polar surface area (TPSA) is 236 Å². The largest absolute Gasteiger partial charge is 0.472 e. The van der Waals surface area contributed by atoms with E-state index in [1.165, 1.54) is 57.8 Å². The van der Waals surface area contributed by atoms with Crippen molar-refractivity contribution in [2.45, 2.75) is 180 Å². The maximum Gasteiger partial charge on any atom is 0.472 e. The maximum atomic E-state index is 12.7. The number of phosphoric acid groups is 2. The number of ether oxygens (including phenoxy) is 2. The Morgan fingerprint density at radius 1 is 0.600 bits per heavy atom. The second-order valence-corrected chi connectivity index (χ2v) is 18.0. The first-order valence-electron chi connectivity index (χ1n) is 21.9. The highest BCUT2D eigenvalue weighted by Crippen LogP contribution is 2.43. The van der Waals surface area contributed by atoms with Gasteiger partial charge in [0, 0.05) is 12.8 Å². The molecule has 0 aromatic carbocycles. The molecule has 0 amide bonds. The zero-order chi connectivity index (χ0) is 44.9. The number of carbonyl (C=O) groups is 2. The van der Waals surface area contributed by atoms with E-state index in [2.05, 4.69) is 35.9 Å². The van der Waals surface area contributed by atoms with Gasteiger partial charge in [0.15, 0.2) is 6.10 Å². The molecule has 6 N–H and O–H groups in total. The van der Waals surface area contributed by atoms with Crippen molar-refractivity contribution in [1.29, 1.82) is 0 Å². The van der Waals surface area contributed by atoms with Gasteiger partial charge in [-0.3, -0.25) is 23.2 Å². The molecule has 2 unspecified atom stereocenters. The van der Waals surface area contributed by atoms with Crippen LogP contribution in [0.4, 0.5) is 0 Å². The summed E-state index contributed by atoms with van der Waals surface area (Å²) in [4.78, 5) is 52.7. The fourth-order valence-electron chi connectivity index (χ4n) is 5.63. The molecule has 15 nitrogen and oxygen atoms in total. The molecular formula is C43H78O15P2. The number of aliphatic hydroxyl groups is 3. The van der Waals surface area contributed by atoms with Crippen LogP contribution in [0.25, 0.3) is 0 Å². The van der Waals surface area contributed by atoms with Crippen LogP contribution in [0.5, 0.6) is 0 Å². The highest BCUT2D eigenvalue weighted by atomic mass is 31.2. The molecule has 0 radical (unpaired) electrons. The Morgan fingerprint density at radius 3 is 1.78 bits per heavy atom. The number of unbranched alkanes of at least 4 members (excludes halogenated alkanes) is 12. The Bertz CT molecular complexity index is 1300. The minimum absolute atomic E-state index is 0.0651. The van der Waals surface area contributed by atoms with Gasteiger partial charge in [-0.05, 0) is 44.4 Å². The van der Waals surface area contributed by atoms with E-state index in [0.29, 0.717) is 12.8 Å². The Kier molecular flexibility index (Phi) is 36.3. The van der Waals surface area contributed by atoms with Gasteiger partial charge < -0.3 is 39.5 Å². The van der Waals surface area contributed by atoms with Crippen molar-refractivity contribution in [3.8, 4) is 0 Å². The first-order valence-corrected chi connectivity index (χ1v) is 25.0. The van der Waals surface area contributed by atoms with Gasteiger partial charge >= 0.3 is 27.6 Å². The van der Waals surface area contributed by atoms with Gasteiger partial charge in [0.05, 0.1) is 32.0 Å². The molecule has 17 heteroatoms. The SMILES string of the molecule is CCCCC/C=C\C[C@@H](O)/C=C/C=C/C=C\[C@@H](O)CCCC(=O)OC[C@H](COP(=O)(O)OC[C@@H](O)COP(=O)(O)O)OC(=O)CCCCCCCCCCCCC(C)CC. The van der Waals surface area contributed by atoms with E-state index >= 15 is 0 Å². The number of carbonyl (C=O) groups excluding carboxylic acids is 2. The van der Waals surface area contributed by atoms with Gasteiger partial charge in [-0.25, -0.2) is 9.13 Å². The summed E-state index contributed by atoms with van der Waals surface area (Å²) in [6.45, 7) is 3.73. The average molecular weight is 897 g/mol. The summed E-state index contributed by atoms with van der Waals surface area (Å²) in [6.07, 6.45) is 28.8. The van der Waals surface area contributed by atoms with Crippen LogP contribution in [-0.4, -0.2) is 92.8 Å². The van der Waals surface area contributed by atoms with E-state index in [4.69, 9.17) is 23.8 Å². The van der Waals surface area contributed by atoms with Crippen LogP contribution in [0.1, 0.15) is 156 Å². The average Bonchev–Trinajstić information content (AvgIpc) is 3.19. The number of allylic oxidation sites excluding steroid dienone is 5. The standard InChI is InChI=1S/C43H78O15P2/c1-4-6-7-8-16-21-27-38(44)28-22-18-19-23-29-39(45)30-25-32-42(47)54-35-41(36-57-60(52,53)56-34-40(46)33-55-59(49,50)51)58-43(48)31-24-17-14-12-10-9-11-13-15-20-26-37(3)5-2/h16,18-19,21-23,28-29,37-41,44-46H,4-15,17,20,24-27,30-36H2,1-3H3,(H,52,53)(H2,49,50,51)/b19-18+,21-16-,28-22+,29-23-/t37?,38-,39-,40+,41-/m1/s1. The highest BCUT2D eigenvalue weighted by Gasteiger charge is 2.28. The van der Waals surface area contributed by atoms with Crippen LogP contribution in [0, 0.1) is 5.92 Å². The van der Waals surface area contributed by atoms with E-state index in [1.54, 1.807) is 36.5 Å². The number of aliphatic hydroxyl groups excluding tert-OH is 3. The van der Waals surface area contributed by atoms with E-state index < -0.39 is 78.4 Å². The highest BCUT2D eigenvalue weighted by molar-refractivity contribution is 7.47. The number of hydrogen-bond acceptors (Lipinski definition) is 12. The fraction of sp³-hybridized carbons (Fsp3) is 0.767. The van der Waals surface area contributed by atoms with Gasteiger partial charge in [-0.15, -0.1) is 0 Å². The number of esters is 2. The lowest BCUT2D eigenvalue weighted by atomic mass is 9.99. The van der Waals surface area contributed by atoms with Crippen LogP contribution in [-0.2, 0) is 41.8 Å². The van der Waals surface area contributed by atoms with Crippen LogP contribution >= 0.6 is 15.6 Å². The zero-order valence-corrected chi connectivity index (χ0v) is 38.2. The maximum absolute atomic E-state index is 12.7. The molecule has 0 aliphatic carbocycles. The molecule has 0 aliphatic heterocycles. The van der Waals surface area contributed by atoms with Crippen molar-refractivity contribution in [3.05, 3.63) is 48.6 Å². The Labute approximate surface area is 359 Å². The molecule has 0 aromatic heterocycles. The van der Waals surface area contributed by atoms with Crippen molar-refractivity contribution in [2.75, 3.05) is 26.4 Å². The van der Waals surface area contributed by atoms with E-state index in [1.807, 2.05) is 6.08 Å². The van der Waals surface area contributed by atoms with Crippen LogP contribution in [0.15, 0.2) is 48.6 Å². The summed E-state index contributed by atoms with van der Waals surface area (Å²) in [7, 11) is -9.75.